The molecule has 110 valence electrons. The minimum Gasteiger partial charge on any atom is -0.370 e. The second-order valence-electron chi connectivity index (χ2n) is 5.27. The van der Waals surface area contributed by atoms with Gasteiger partial charge in [0.15, 0.2) is 0 Å². The van der Waals surface area contributed by atoms with Crippen molar-refractivity contribution in [2.45, 2.75) is 31.9 Å². The van der Waals surface area contributed by atoms with E-state index in [0.29, 0.717) is 26.1 Å². The van der Waals surface area contributed by atoms with Crippen LogP contribution in [0.3, 0.4) is 0 Å². The first kappa shape index (κ1) is 15.5. The van der Waals surface area contributed by atoms with Gasteiger partial charge in [-0.1, -0.05) is 28.1 Å². The van der Waals surface area contributed by atoms with Crippen molar-refractivity contribution in [3.05, 3.63) is 34.3 Å². The molecule has 1 heterocycles. The van der Waals surface area contributed by atoms with Gasteiger partial charge in [0.05, 0.1) is 13.2 Å². The average molecular weight is 341 g/mol. The first-order valence-corrected chi connectivity index (χ1v) is 7.76. The minimum absolute atomic E-state index is 0.0314. The van der Waals surface area contributed by atoms with Gasteiger partial charge >= 0.3 is 0 Å². The third-order valence-electron chi connectivity index (χ3n) is 3.47. The first-order valence-electron chi connectivity index (χ1n) is 6.96. The quantitative estimate of drug-likeness (QED) is 0.915. The van der Waals surface area contributed by atoms with Crippen molar-refractivity contribution in [1.29, 1.82) is 0 Å². The highest BCUT2D eigenvalue weighted by Crippen LogP contribution is 2.24. The number of nitrogens with zero attached hydrogens (tertiary/aromatic N) is 1. The average Bonchev–Trinajstić information content (AvgIpc) is 2.45. The molecule has 0 saturated carbocycles. The van der Waals surface area contributed by atoms with Crippen LogP contribution in [0.2, 0.25) is 0 Å². The number of hydrogen-bond donors (Lipinski definition) is 1. The summed E-state index contributed by atoms with van der Waals surface area (Å²) in [4.78, 5) is 14.0. The number of amides is 1. The monoisotopic (exact) mass is 340 g/mol. The van der Waals surface area contributed by atoms with Crippen LogP contribution in [-0.2, 0) is 9.53 Å². The van der Waals surface area contributed by atoms with Gasteiger partial charge in [-0.2, -0.15) is 0 Å². The van der Waals surface area contributed by atoms with Crippen LogP contribution in [0.1, 0.15) is 31.4 Å². The van der Waals surface area contributed by atoms with E-state index in [-0.39, 0.29) is 18.1 Å². The molecule has 0 bridgehead atoms. The van der Waals surface area contributed by atoms with Crippen LogP contribution in [0.25, 0.3) is 0 Å². The number of hydrogen-bond acceptors (Lipinski definition) is 3. The Labute approximate surface area is 128 Å². The van der Waals surface area contributed by atoms with Gasteiger partial charge in [0, 0.05) is 23.5 Å². The van der Waals surface area contributed by atoms with E-state index < -0.39 is 0 Å². The van der Waals surface area contributed by atoms with Crippen LogP contribution in [0, 0.1) is 0 Å². The summed E-state index contributed by atoms with van der Waals surface area (Å²) in [7, 11) is 0. The second-order valence-corrected chi connectivity index (χ2v) is 6.18. The van der Waals surface area contributed by atoms with E-state index in [1.54, 1.807) is 0 Å². The lowest BCUT2D eigenvalue weighted by Gasteiger charge is -2.33. The summed E-state index contributed by atoms with van der Waals surface area (Å²) in [6.45, 7) is 3.81. The Morgan fingerprint density at radius 1 is 1.50 bits per heavy atom. The summed E-state index contributed by atoms with van der Waals surface area (Å²) in [6, 6.07) is 8.13. The molecule has 1 aliphatic heterocycles. The van der Waals surface area contributed by atoms with Gasteiger partial charge in [0.25, 0.3) is 0 Å². The molecule has 2 unspecified atom stereocenters. The van der Waals surface area contributed by atoms with Crippen LogP contribution < -0.4 is 5.73 Å². The normalized spacial score (nSPS) is 20.8. The van der Waals surface area contributed by atoms with E-state index >= 15 is 0 Å². The van der Waals surface area contributed by atoms with Crippen LogP contribution in [-0.4, -0.2) is 36.5 Å². The smallest absolute Gasteiger partial charge is 0.222 e. The molecular formula is C15H21BrN2O2. The highest BCUT2D eigenvalue weighted by atomic mass is 79.9. The molecule has 1 aliphatic rings. The Balaban J connectivity index is 1.94. The molecule has 1 aromatic carbocycles. The number of halogens is 1. The van der Waals surface area contributed by atoms with Crippen LogP contribution in [0.4, 0.5) is 0 Å². The maximum absolute atomic E-state index is 12.1. The standard InChI is InChI=1S/C15H21BrN2O2/c1-11(17)2-7-15(19)18-8-9-20-14(10-18)12-3-5-13(16)6-4-12/h3-6,11,14H,2,7-10,17H2,1H3. The Morgan fingerprint density at radius 3 is 2.85 bits per heavy atom. The molecule has 1 aromatic rings. The van der Waals surface area contributed by atoms with Gasteiger partial charge < -0.3 is 15.4 Å². The number of carbonyl (C=O) groups excluding carboxylic acids is 1. The fourth-order valence-electron chi connectivity index (χ4n) is 2.26. The zero-order chi connectivity index (χ0) is 14.5. The number of rotatable bonds is 4. The lowest BCUT2D eigenvalue weighted by molar-refractivity contribution is -0.139. The maximum atomic E-state index is 12.1. The molecule has 4 nitrogen and oxygen atoms in total. The van der Waals surface area contributed by atoms with Crippen LogP contribution >= 0.6 is 15.9 Å². The number of morpholine rings is 1. The SMILES string of the molecule is CC(N)CCC(=O)N1CCOC(c2ccc(Br)cc2)C1. The van der Waals surface area contributed by atoms with Crippen molar-refractivity contribution in [3.8, 4) is 0 Å². The molecule has 0 spiro atoms. The highest BCUT2D eigenvalue weighted by Gasteiger charge is 2.25. The summed E-state index contributed by atoms with van der Waals surface area (Å²) in [6.07, 6.45) is 1.22. The molecule has 0 aromatic heterocycles. The molecule has 1 amide bonds. The largest absolute Gasteiger partial charge is 0.370 e. The first-order chi connectivity index (χ1) is 9.56. The second kappa shape index (κ2) is 7.20. The topological polar surface area (TPSA) is 55.6 Å². The number of nitrogens with two attached hydrogens (primary N) is 1. The molecule has 0 radical (unpaired) electrons. The zero-order valence-corrected chi connectivity index (χ0v) is 13.3. The summed E-state index contributed by atoms with van der Waals surface area (Å²) < 4.78 is 6.82. The van der Waals surface area contributed by atoms with Crippen molar-refractivity contribution in [2.24, 2.45) is 5.73 Å². The van der Waals surface area contributed by atoms with E-state index in [4.69, 9.17) is 10.5 Å². The van der Waals surface area contributed by atoms with Gasteiger partial charge in [-0.15, -0.1) is 0 Å². The lowest BCUT2D eigenvalue weighted by atomic mass is 10.1. The third kappa shape index (κ3) is 4.30. The highest BCUT2D eigenvalue weighted by molar-refractivity contribution is 9.10. The maximum Gasteiger partial charge on any atom is 0.222 e. The molecule has 20 heavy (non-hydrogen) atoms. The Morgan fingerprint density at radius 2 is 2.20 bits per heavy atom. The van der Waals surface area contributed by atoms with E-state index in [1.807, 2.05) is 36.1 Å². The summed E-state index contributed by atoms with van der Waals surface area (Å²) >= 11 is 3.42. The van der Waals surface area contributed by atoms with Gasteiger partial charge in [-0.05, 0) is 31.0 Å². The molecule has 2 atom stereocenters. The van der Waals surface area contributed by atoms with Gasteiger partial charge in [-0.25, -0.2) is 0 Å². The van der Waals surface area contributed by atoms with Gasteiger partial charge in [-0.3, -0.25) is 4.79 Å². The third-order valence-corrected chi connectivity index (χ3v) is 4.00. The van der Waals surface area contributed by atoms with Crippen molar-refractivity contribution >= 4 is 21.8 Å². The van der Waals surface area contributed by atoms with E-state index in [1.165, 1.54) is 0 Å². The number of ether oxygens (including phenoxy) is 1. The molecule has 1 saturated heterocycles. The van der Waals surface area contributed by atoms with Gasteiger partial charge in [0.2, 0.25) is 5.91 Å². The molecule has 0 aliphatic carbocycles. The fraction of sp³-hybridized carbons (Fsp3) is 0.533. The van der Waals surface area contributed by atoms with E-state index in [9.17, 15) is 4.79 Å². The number of benzene rings is 1. The van der Waals surface area contributed by atoms with E-state index in [2.05, 4.69) is 15.9 Å². The Bertz CT molecular complexity index is 448. The van der Waals surface area contributed by atoms with Crippen molar-refractivity contribution in [2.75, 3.05) is 19.7 Å². The zero-order valence-electron chi connectivity index (χ0n) is 11.7. The molecular weight excluding hydrogens is 320 g/mol. The molecule has 2 N–H and O–H groups in total. The van der Waals surface area contributed by atoms with E-state index in [0.717, 1.165) is 16.5 Å². The fourth-order valence-corrected chi connectivity index (χ4v) is 2.53. The van der Waals surface area contributed by atoms with Crippen molar-refractivity contribution < 1.29 is 9.53 Å². The lowest BCUT2D eigenvalue weighted by Crippen LogP contribution is -2.42. The summed E-state index contributed by atoms with van der Waals surface area (Å²) in [5.41, 5.74) is 6.81. The predicted molar refractivity (Wildman–Crippen MR) is 82.3 cm³/mol. The van der Waals surface area contributed by atoms with Crippen LogP contribution in [0.5, 0.6) is 0 Å². The van der Waals surface area contributed by atoms with Crippen LogP contribution in [0.15, 0.2) is 28.7 Å². The minimum atomic E-state index is -0.0314. The Kier molecular flexibility index (Phi) is 5.57. The predicted octanol–water partition coefficient (Wildman–Crippen LogP) is 2.48. The summed E-state index contributed by atoms with van der Waals surface area (Å²) in [5, 5.41) is 0. The molecule has 1 fully saturated rings. The van der Waals surface area contributed by atoms with Crippen molar-refractivity contribution in [1.82, 2.24) is 4.90 Å². The Hall–Kier alpha value is -0.910. The van der Waals surface area contributed by atoms with Crippen molar-refractivity contribution in [3.63, 3.8) is 0 Å². The molecule has 2 rings (SSSR count). The summed E-state index contributed by atoms with van der Waals surface area (Å²) in [5.74, 6) is 0.174. The molecule has 5 heteroatoms. The van der Waals surface area contributed by atoms with Gasteiger partial charge in [0.1, 0.15) is 6.10 Å². The number of carbonyl (C=O) groups is 1.